The van der Waals surface area contributed by atoms with Crippen molar-refractivity contribution < 1.29 is 4.79 Å². The minimum Gasteiger partial charge on any atom is -0.308 e. The number of anilines is 1. The zero-order chi connectivity index (χ0) is 11.3. The molecule has 2 N–H and O–H groups in total. The summed E-state index contributed by atoms with van der Waals surface area (Å²) in [5, 5.41) is 8.40. The Labute approximate surface area is 94.1 Å². The Hall–Kier alpha value is -0.940. The molecular weight excluding hydrogens is 210 g/mol. The molecule has 1 aromatic heterocycles. The zero-order valence-electron chi connectivity index (χ0n) is 9.33. The molecule has 0 aromatic carbocycles. The van der Waals surface area contributed by atoms with Gasteiger partial charge in [-0.15, -0.1) is 11.3 Å². The molecule has 0 aliphatic heterocycles. The van der Waals surface area contributed by atoms with E-state index in [1.807, 2.05) is 12.3 Å². The fourth-order valence-electron chi connectivity index (χ4n) is 1.05. The minimum atomic E-state index is -0.0370. The van der Waals surface area contributed by atoms with Gasteiger partial charge in [-0.25, -0.2) is 4.98 Å². The van der Waals surface area contributed by atoms with Crippen LogP contribution in [0.15, 0.2) is 5.38 Å². The number of rotatable bonds is 5. The van der Waals surface area contributed by atoms with Crippen molar-refractivity contribution in [3.05, 3.63) is 11.1 Å². The van der Waals surface area contributed by atoms with Crippen LogP contribution < -0.4 is 10.6 Å². The summed E-state index contributed by atoms with van der Waals surface area (Å²) in [6.07, 6.45) is 0. The summed E-state index contributed by atoms with van der Waals surface area (Å²) in [5.41, 5.74) is 0.936. The molecule has 0 saturated carbocycles. The van der Waals surface area contributed by atoms with Crippen molar-refractivity contribution in [2.24, 2.45) is 5.92 Å². The van der Waals surface area contributed by atoms with Gasteiger partial charge < -0.3 is 10.6 Å². The van der Waals surface area contributed by atoms with Gasteiger partial charge in [-0.3, -0.25) is 4.79 Å². The fraction of sp³-hybridized carbons (Fsp3) is 0.600. The monoisotopic (exact) mass is 227 g/mol. The Bertz CT molecular complexity index is 322. The van der Waals surface area contributed by atoms with Crippen LogP contribution in [-0.4, -0.2) is 24.0 Å². The van der Waals surface area contributed by atoms with Gasteiger partial charge in [0.2, 0.25) is 5.91 Å². The van der Waals surface area contributed by atoms with E-state index in [9.17, 15) is 4.79 Å². The molecule has 1 aromatic rings. The first kappa shape index (κ1) is 12.1. The van der Waals surface area contributed by atoms with Crippen molar-refractivity contribution >= 4 is 22.4 Å². The van der Waals surface area contributed by atoms with Crippen LogP contribution in [0.25, 0.3) is 0 Å². The van der Waals surface area contributed by atoms with E-state index in [1.165, 1.54) is 11.3 Å². The predicted octanol–water partition coefficient (Wildman–Crippen LogP) is 1.64. The largest absolute Gasteiger partial charge is 0.308 e. The maximum absolute atomic E-state index is 11.4. The molecule has 0 aliphatic rings. The highest BCUT2D eigenvalue weighted by Crippen LogP contribution is 2.13. The van der Waals surface area contributed by atoms with Crippen LogP contribution >= 0.6 is 11.3 Å². The quantitative estimate of drug-likeness (QED) is 0.804. The molecule has 0 spiro atoms. The molecule has 0 fully saturated rings. The molecular formula is C10H17N3OS. The molecule has 4 nitrogen and oxygen atoms in total. The Morgan fingerprint density at radius 1 is 1.60 bits per heavy atom. The summed E-state index contributed by atoms with van der Waals surface area (Å²) < 4.78 is 0. The highest BCUT2D eigenvalue weighted by molar-refractivity contribution is 7.13. The molecule has 84 valence electrons. The van der Waals surface area contributed by atoms with Crippen molar-refractivity contribution in [3.8, 4) is 0 Å². The van der Waals surface area contributed by atoms with E-state index in [0.717, 1.165) is 12.2 Å². The van der Waals surface area contributed by atoms with Gasteiger partial charge >= 0.3 is 0 Å². The van der Waals surface area contributed by atoms with E-state index in [-0.39, 0.29) is 5.91 Å². The Balaban J connectivity index is 2.24. The molecule has 0 aliphatic carbocycles. The highest BCUT2D eigenvalue weighted by Gasteiger charge is 2.04. The normalized spacial score (nSPS) is 10.7. The number of carbonyl (C=O) groups excluding carboxylic acids is 1. The number of aromatic nitrogens is 1. The summed E-state index contributed by atoms with van der Waals surface area (Å²) in [4.78, 5) is 15.5. The van der Waals surface area contributed by atoms with Gasteiger partial charge in [0.15, 0.2) is 5.13 Å². The fourth-order valence-corrected chi connectivity index (χ4v) is 1.75. The first-order valence-electron chi connectivity index (χ1n) is 5.00. The molecule has 0 radical (unpaired) electrons. The van der Waals surface area contributed by atoms with Crippen LogP contribution in [0, 0.1) is 12.8 Å². The van der Waals surface area contributed by atoms with Crippen LogP contribution in [0.4, 0.5) is 5.13 Å². The van der Waals surface area contributed by atoms with E-state index < -0.39 is 0 Å². The van der Waals surface area contributed by atoms with Crippen molar-refractivity contribution in [2.75, 3.05) is 18.4 Å². The van der Waals surface area contributed by atoms with Gasteiger partial charge in [0, 0.05) is 5.38 Å². The Kier molecular flexibility index (Phi) is 4.71. The van der Waals surface area contributed by atoms with Crippen molar-refractivity contribution in [1.29, 1.82) is 0 Å². The second kappa shape index (κ2) is 5.82. The predicted molar refractivity (Wildman–Crippen MR) is 63.2 cm³/mol. The first-order chi connectivity index (χ1) is 7.08. The molecule has 15 heavy (non-hydrogen) atoms. The lowest BCUT2D eigenvalue weighted by atomic mass is 10.2. The van der Waals surface area contributed by atoms with Crippen LogP contribution in [-0.2, 0) is 4.79 Å². The van der Waals surface area contributed by atoms with E-state index in [4.69, 9.17) is 0 Å². The summed E-state index contributed by atoms with van der Waals surface area (Å²) >= 11 is 1.45. The maximum Gasteiger partial charge on any atom is 0.240 e. The van der Waals surface area contributed by atoms with Crippen LogP contribution in [0.5, 0.6) is 0 Å². The Morgan fingerprint density at radius 2 is 2.33 bits per heavy atom. The van der Waals surface area contributed by atoms with E-state index >= 15 is 0 Å². The van der Waals surface area contributed by atoms with Crippen molar-refractivity contribution in [3.63, 3.8) is 0 Å². The molecule has 0 unspecified atom stereocenters. The van der Waals surface area contributed by atoms with E-state index in [2.05, 4.69) is 29.5 Å². The van der Waals surface area contributed by atoms with Gasteiger partial charge in [0.1, 0.15) is 0 Å². The van der Waals surface area contributed by atoms with Crippen LogP contribution in [0.2, 0.25) is 0 Å². The number of hydrogen-bond donors (Lipinski definition) is 2. The SMILES string of the molecule is Cc1csc(NC(=O)CNCC(C)C)n1. The summed E-state index contributed by atoms with van der Waals surface area (Å²) in [5.74, 6) is 0.518. The third-order valence-electron chi connectivity index (χ3n) is 1.70. The number of thiazole rings is 1. The number of hydrogen-bond acceptors (Lipinski definition) is 4. The summed E-state index contributed by atoms with van der Waals surface area (Å²) in [6, 6.07) is 0. The lowest BCUT2D eigenvalue weighted by Crippen LogP contribution is -2.30. The zero-order valence-corrected chi connectivity index (χ0v) is 10.1. The average molecular weight is 227 g/mol. The smallest absolute Gasteiger partial charge is 0.240 e. The summed E-state index contributed by atoms with van der Waals surface area (Å²) in [6.45, 7) is 7.31. The second-order valence-electron chi connectivity index (χ2n) is 3.87. The molecule has 1 amide bonds. The molecule has 5 heteroatoms. The average Bonchev–Trinajstić information content (AvgIpc) is 2.50. The van der Waals surface area contributed by atoms with Gasteiger partial charge in [-0.05, 0) is 19.4 Å². The van der Waals surface area contributed by atoms with Crippen molar-refractivity contribution in [1.82, 2.24) is 10.3 Å². The van der Waals surface area contributed by atoms with Crippen molar-refractivity contribution in [2.45, 2.75) is 20.8 Å². The van der Waals surface area contributed by atoms with Gasteiger partial charge in [-0.2, -0.15) is 0 Å². The topological polar surface area (TPSA) is 54.0 Å². The molecule has 0 bridgehead atoms. The first-order valence-corrected chi connectivity index (χ1v) is 5.88. The van der Waals surface area contributed by atoms with Gasteiger partial charge in [0.25, 0.3) is 0 Å². The van der Waals surface area contributed by atoms with Crippen LogP contribution in [0.3, 0.4) is 0 Å². The summed E-state index contributed by atoms with van der Waals surface area (Å²) in [7, 11) is 0. The minimum absolute atomic E-state index is 0.0370. The lowest BCUT2D eigenvalue weighted by Gasteiger charge is -2.06. The van der Waals surface area contributed by atoms with Gasteiger partial charge in [0.05, 0.1) is 12.2 Å². The molecule has 0 atom stereocenters. The standard InChI is InChI=1S/C10H17N3OS/c1-7(2)4-11-5-9(14)13-10-12-8(3)6-15-10/h6-7,11H,4-5H2,1-3H3,(H,12,13,14). The molecule has 0 saturated heterocycles. The van der Waals surface area contributed by atoms with E-state index in [0.29, 0.717) is 17.6 Å². The third-order valence-corrected chi connectivity index (χ3v) is 2.58. The number of nitrogens with one attached hydrogen (secondary N) is 2. The number of carbonyl (C=O) groups is 1. The molecule has 1 rings (SSSR count). The lowest BCUT2D eigenvalue weighted by molar-refractivity contribution is -0.115. The number of amides is 1. The highest BCUT2D eigenvalue weighted by atomic mass is 32.1. The third kappa shape index (κ3) is 4.90. The maximum atomic E-state index is 11.4. The van der Waals surface area contributed by atoms with Crippen LogP contribution in [0.1, 0.15) is 19.5 Å². The van der Waals surface area contributed by atoms with Gasteiger partial charge in [-0.1, -0.05) is 13.8 Å². The number of aryl methyl sites for hydroxylation is 1. The second-order valence-corrected chi connectivity index (χ2v) is 4.73. The Morgan fingerprint density at radius 3 is 2.87 bits per heavy atom. The van der Waals surface area contributed by atoms with E-state index in [1.54, 1.807) is 0 Å². The number of nitrogens with zero attached hydrogens (tertiary/aromatic N) is 1. The molecule has 1 heterocycles.